The number of rotatable bonds is 7. The van der Waals surface area contributed by atoms with Gasteiger partial charge < -0.3 is 10.1 Å². The van der Waals surface area contributed by atoms with E-state index in [0.29, 0.717) is 18.2 Å². The molecule has 0 radical (unpaired) electrons. The van der Waals surface area contributed by atoms with E-state index in [0.717, 1.165) is 17.7 Å². The van der Waals surface area contributed by atoms with Crippen LogP contribution in [-0.2, 0) is 4.79 Å². The molecule has 1 aromatic carbocycles. The van der Waals surface area contributed by atoms with Gasteiger partial charge in [0.15, 0.2) is 5.17 Å². The van der Waals surface area contributed by atoms with Gasteiger partial charge in [0.1, 0.15) is 5.75 Å². The standard InChI is InChI=1S/C16H19N3O2S/c1-3-5-14-15(20)18-16(22-14)19-17-11-12-6-8-13(9-7-12)21-10-4-2/h3,6-9,11,14H,1,4-5,10H2,2H3,(H,18,19,20)/b17-11+/t14-/m1/s1. The average molecular weight is 317 g/mol. The summed E-state index contributed by atoms with van der Waals surface area (Å²) in [6.45, 7) is 6.42. The molecular formula is C16H19N3O2S. The number of thioether (sulfide) groups is 1. The summed E-state index contributed by atoms with van der Waals surface area (Å²) >= 11 is 1.37. The molecule has 22 heavy (non-hydrogen) atoms. The number of nitrogens with one attached hydrogen (secondary N) is 1. The zero-order valence-corrected chi connectivity index (χ0v) is 13.3. The Bertz CT molecular complexity index is 582. The molecule has 116 valence electrons. The van der Waals surface area contributed by atoms with Crippen LogP contribution in [-0.4, -0.2) is 29.1 Å². The third-order valence-electron chi connectivity index (χ3n) is 2.87. The highest BCUT2D eigenvalue weighted by Gasteiger charge is 2.28. The first-order chi connectivity index (χ1) is 10.7. The van der Waals surface area contributed by atoms with E-state index in [1.807, 2.05) is 24.3 Å². The fourth-order valence-corrected chi connectivity index (χ4v) is 2.70. The second-order valence-electron chi connectivity index (χ2n) is 4.69. The normalized spacial score (nSPS) is 19.6. The van der Waals surface area contributed by atoms with E-state index < -0.39 is 0 Å². The van der Waals surface area contributed by atoms with Gasteiger partial charge in [-0.1, -0.05) is 24.8 Å². The molecule has 0 aliphatic carbocycles. The quantitative estimate of drug-likeness (QED) is 0.478. The van der Waals surface area contributed by atoms with Gasteiger partial charge in [-0.3, -0.25) is 4.79 Å². The predicted molar refractivity (Wildman–Crippen MR) is 91.6 cm³/mol. The van der Waals surface area contributed by atoms with E-state index in [9.17, 15) is 4.79 Å². The van der Waals surface area contributed by atoms with Crippen LogP contribution in [0.1, 0.15) is 25.3 Å². The molecule has 0 unspecified atom stereocenters. The highest BCUT2D eigenvalue weighted by atomic mass is 32.2. The highest BCUT2D eigenvalue weighted by Crippen LogP contribution is 2.22. The first-order valence-corrected chi connectivity index (χ1v) is 8.03. The number of ether oxygens (including phenoxy) is 1. The maximum absolute atomic E-state index is 11.6. The smallest absolute Gasteiger partial charge is 0.239 e. The molecule has 6 heteroatoms. The number of carbonyl (C=O) groups is 1. The molecule has 5 nitrogen and oxygen atoms in total. The summed E-state index contributed by atoms with van der Waals surface area (Å²) in [6.07, 6.45) is 4.98. The lowest BCUT2D eigenvalue weighted by atomic mass is 10.2. The van der Waals surface area contributed by atoms with Gasteiger partial charge in [0.05, 0.1) is 18.1 Å². The Kier molecular flexibility index (Phi) is 6.21. The summed E-state index contributed by atoms with van der Waals surface area (Å²) in [5.41, 5.74) is 0.921. The van der Waals surface area contributed by atoms with E-state index in [-0.39, 0.29) is 11.2 Å². The Morgan fingerprint density at radius 3 is 2.86 bits per heavy atom. The Balaban J connectivity index is 1.90. The molecule has 1 atom stereocenters. The first-order valence-electron chi connectivity index (χ1n) is 7.15. The zero-order valence-electron chi connectivity index (χ0n) is 12.5. The summed E-state index contributed by atoms with van der Waals surface area (Å²) in [4.78, 5) is 11.6. The molecular weight excluding hydrogens is 298 g/mol. The lowest BCUT2D eigenvalue weighted by molar-refractivity contribution is -0.118. The molecule has 1 aromatic rings. The predicted octanol–water partition coefficient (Wildman–Crippen LogP) is 2.97. The van der Waals surface area contributed by atoms with Gasteiger partial charge in [0.2, 0.25) is 5.91 Å². The highest BCUT2D eigenvalue weighted by molar-refractivity contribution is 8.15. The number of carbonyl (C=O) groups excluding carboxylic acids is 1. The fraction of sp³-hybridized carbons (Fsp3) is 0.312. The molecule has 0 saturated carbocycles. The van der Waals surface area contributed by atoms with Crippen LogP contribution in [0, 0.1) is 0 Å². The monoisotopic (exact) mass is 317 g/mol. The lowest BCUT2D eigenvalue weighted by Gasteiger charge is -2.03. The van der Waals surface area contributed by atoms with Gasteiger partial charge in [-0.15, -0.1) is 11.7 Å². The van der Waals surface area contributed by atoms with E-state index in [4.69, 9.17) is 4.74 Å². The number of amides is 1. The van der Waals surface area contributed by atoms with Gasteiger partial charge >= 0.3 is 0 Å². The van der Waals surface area contributed by atoms with Crippen molar-refractivity contribution in [2.24, 2.45) is 10.2 Å². The van der Waals surface area contributed by atoms with Crippen LogP contribution in [0.5, 0.6) is 5.75 Å². The second kappa shape index (κ2) is 8.38. The van der Waals surface area contributed by atoms with E-state index in [1.54, 1.807) is 12.3 Å². The first kappa shape index (κ1) is 16.3. The molecule has 0 aromatic heterocycles. The van der Waals surface area contributed by atoms with Crippen molar-refractivity contribution in [3.05, 3.63) is 42.5 Å². The van der Waals surface area contributed by atoms with Crippen molar-refractivity contribution in [3.8, 4) is 5.75 Å². The fourth-order valence-electron chi connectivity index (χ4n) is 1.78. The van der Waals surface area contributed by atoms with E-state index in [1.165, 1.54) is 11.8 Å². The van der Waals surface area contributed by atoms with Crippen LogP contribution in [0.25, 0.3) is 0 Å². The number of allylic oxidation sites excluding steroid dienone is 1. The van der Waals surface area contributed by atoms with Crippen molar-refractivity contribution in [1.82, 2.24) is 5.32 Å². The largest absolute Gasteiger partial charge is 0.494 e. The minimum Gasteiger partial charge on any atom is -0.494 e. The van der Waals surface area contributed by atoms with Crippen molar-refractivity contribution in [3.63, 3.8) is 0 Å². The zero-order chi connectivity index (χ0) is 15.8. The van der Waals surface area contributed by atoms with Gasteiger partial charge in [-0.25, -0.2) is 0 Å². The molecule has 1 heterocycles. The van der Waals surface area contributed by atoms with Crippen molar-refractivity contribution in [2.75, 3.05) is 6.61 Å². The SMILES string of the molecule is C=CC[C@H]1S/C(=N/N=C/c2ccc(OCCC)cc2)NC1=O. The van der Waals surface area contributed by atoms with Crippen LogP contribution in [0.2, 0.25) is 0 Å². The molecule has 2 rings (SSSR count). The van der Waals surface area contributed by atoms with E-state index in [2.05, 4.69) is 29.0 Å². The van der Waals surface area contributed by atoms with Gasteiger partial charge in [-0.05, 0) is 42.7 Å². The van der Waals surface area contributed by atoms with E-state index >= 15 is 0 Å². The van der Waals surface area contributed by atoms with Crippen molar-refractivity contribution < 1.29 is 9.53 Å². The molecule has 1 aliphatic rings. The minimum atomic E-state index is -0.151. The Morgan fingerprint density at radius 2 is 2.18 bits per heavy atom. The second-order valence-corrected chi connectivity index (χ2v) is 5.88. The Morgan fingerprint density at radius 1 is 1.41 bits per heavy atom. The maximum atomic E-state index is 11.6. The third kappa shape index (κ3) is 4.73. The van der Waals surface area contributed by atoms with Crippen molar-refractivity contribution in [1.29, 1.82) is 0 Å². The number of nitrogens with zero attached hydrogens (tertiary/aromatic N) is 2. The molecule has 1 aliphatic heterocycles. The topological polar surface area (TPSA) is 63.1 Å². The maximum Gasteiger partial charge on any atom is 0.239 e. The molecule has 1 fully saturated rings. The average Bonchev–Trinajstić information content (AvgIpc) is 2.87. The van der Waals surface area contributed by atoms with Crippen LogP contribution in [0.4, 0.5) is 0 Å². The van der Waals surface area contributed by atoms with Gasteiger partial charge in [0.25, 0.3) is 0 Å². The van der Waals surface area contributed by atoms with Gasteiger partial charge in [-0.2, -0.15) is 5.10 Å². The summed E-state index contributed by atoms with van der Waals surface area (Å²) < 4.78 is 5.51. The summed E-state index contributed by atoms with van der Waals surface area (Å²) in [7, 11) is 0. The number of amidine groups is 1. The molecule has 0 spiro atoms. The summed E-state index contributed by atoms with van der Waals surface area (Å²) in [6, 6.07) is 7.62. The van der Waals surface area contributed by atoms with Crippen LogP contribution in [0.15, 0.2) is 47.1 Å². The Hall–Kier alpha value is -2.08. The molecule has 1 amide bonds. The van der Waals surface area contributed by atoms with Crippen molar-refractivity contribution in [2.45, 2.75) is 25.0 Å². The minimum absolute atomic E-state index is 0.0451. The molecule has 0 bridgehead atoms. The third-order valence-corrected chi connectivity index (χ3v) is 3.96. The lowest BCUT2D eigenvalue weighted by Crippen LogP contribution is -2.24. The summed E-state index contributed by atoms with van der Waals surface area (Å²) in [5.74, 6) is 0.799. The molecule has 1 saturated heterocycles. The number of benzene rings is 1. The summed E-state index contributed by atoms with van der Waals surface area (Å²) in [5, 5.41) is 11.1. The van der Waals surface area contributed by atoms with Crippen LogP contribution < -0.4 is 10.1 Å². The Labute approximate surface area is 134 Å². The molecule has 1 N–H and O–H groups in total. The van der Waals surface area contributed by atoms with Gasteiger partial charge in [0, 0.05) is 0 Å². The van der Waals surface area contributed by atoms with Crippen LogP contribution in [0.3, 0.4) is 0 Å². The number of hydrogen-bond acceptors (Lipinski definition) is 5. The van der Waals surface area contributed by atoms with Crippen LogP contribution >= 0.6 is 11.8 Å². The van der Waals surface area contributed by atoms with Crippen molar-refractivity contribution >= 4 is 29.1 Å². The number of hydrogen-bond donors (Lipinski definition) is 1.